The summed E-state index contributed by atoms with van der Waals surface area (Å²) in [5, 5.41) is 3.57. The van der Waals surface area contributed by atoms with E-state index in [4.69, 9.17) is 9.47 Å². The second-order valence-corrected chi connectivity index (χ2v) is 5.50. The highest BCUT2D eigenvalue weighted by molar-refractivity contribution is 5.43. The van der Waals surface area contributed by atoms with E-state index in [2.05, 4.69) is 5.32 Å². The van der Waals surface area contributed by atoms with Crippen LogP contribution >= 0.6 is 0 Å². The predicted octanol–water partition coefficient (Wildman–Crippen LogP) is 2.24. The van der Waals surface area contributed by atoms with Gasteiger partial charge in [0, 0.05) is 11.6 Å². The quantitative estimate of drug-likeness (QED) is 0.909. The lowest BCUT2D eigenvalue weighted by Gasteiger charge is -2.49. The van der Waals surface area contributed by atoms with Gasteiger partial charge in [0.05, 0.1) is 25.7 Å². The third-order valence-electron chi connectivity index (χ3n) is 4.39. The fourth-order valence-corrected chi connectivity index (χ4v) is 3.26. The molecule has 1 unspecified atom stereocenters. The van der Waals surface area contributed by atoms with Crippen molar-refractivity contribution in [3.05, 3.63) is 29.6 Å². The van der Waals surface area contributed by atoms with Crippen molar-refractivity contribution in [2.75, 3.05) is 26.9 Å². The van der Waals surface area contributed by atoms with E-state index in [1.165, 1.54) is 18.9 Å². The highest BCUT2D eigenvalue weighted by Gasteiger charge is 2.49. The number of benzene rings is 1. The first kappa shape index (κ1) is 12.9. The Kier molecular flexibility index (Phi) is 3.46. The molecule has 0 spiro atoms. The molecule has 19 heavy (non-hydrogen) atoms. The Balaban J connectivity index is 1.99. The average Bonchev–Trinajstić information content (AvgIpc) is 2.39. The monoisotopic (exact) mass is 265 g/mol. The molecular formula is C15H20FNO2. The summed E-state index contributed by atoms with van der Waals surface area (Å²) in [6.07, 6.45) is 3.55. The molecule has 0 aromatic heterocycles. The average molecular weight is 265 g/mol. The minimum Gasteiger partial charge on any atom is -0.496 e. The highest BCUT2D eigenvalue weighted by Crippen LogP contribution is 2.43. The summed E-state index contributed by atoms with van der Waals surface area (Å²) in [7, 11) is 1.64. The van der Waals surface area contributed by atoms with Crippen molar-refractivity contribution in [3.63, 3.8) is 0 Å². The molecule has 1 aromatic carbocycles. The van der Waals surface area contributed by atoms with Crippen LogP contribution in [0.3, 0.4) is 0 Å². The Bertz CT molecular complexity index is 453. The number of nitrogens with one attached hydrogen (secondary N) is 1. The molecule has 4 heteroatoms. The van der Waals surface area contributed by atoms with Crippen molar-refractivity contribution in [1.82, 2.24) is 5.32 Å². The Morgan fingerprint density at radius 2 is 2.21 bits per heavy atom. The van der Waals surface area contributed by atoms with Crippen molar-refractivity contribution in [2.45, 2.75) is 30.7 Å². The molecule has 2 heterocycles. The molecular weight excluding hydrogens is 245 g/mol. The van der Waals surface area contributed by atoms with Gasteiger partial charge in [0.15, 0.2) is 0 Å². The number of hydrogen-bond acceptors (Lipinski definition) is 3. The van der Waals surface area contributed by atoms with Crippen LogP contribution in [0.5, 0.6) is 5.75 Å². The number of rotatable bonds is 3. The van der Waals surface area contributed by atoms with Crippen molar-refractivity contribution >= 4 is 0 Å². The summed E-state index contributed by atoms with van der Waals surface area (Å²) in [6, 6.07) is 5.13. The molecule has 0 radical (unpaired) electrons. The lowest BCUT2D eigenvalue weighted by molar-refractivity contribution is -0.0836. The molecule has 2 fully saturated rings. The molecule has 2 saturated heterocycles. The van der Waals surface area contributed by atoms with Crippen molar-refractivity contribution in [3.8, 4) is 5.75 Å². The van der Waals surface area contributed by atoms with E-state index < -0.39 is 0 Å². The summed E-state index contributed by atoms with van der Waals surface area (Å²) in [4.78, 5) is 0. The molecule has 3 rings (SSSR count). The topological polar surface area (TPSA) is 30.5 Å². The molecule has 0 aliphatic carbocycles. The number of piperidine rings is 1. The van der Waals surface area contributed by atoms with E-state index >= 15 is 0 Å². The van der Waals surface area contributed by atoms with Gasteiger partial charge in [-0.05, 0) is 37.6 Å². The molecule has 1 aromatic rings. The van der Waals surface area contributed by atoms with Crippen LogP contribution in [0.25, 0.3) is 0 Å². The van der Waals surface area contributed by atoms with Crippen molar-refractivity contribution < 1.29 is 13.9 Å². The summed E-state index contributed by atoms with van der Waals surface area (Å²) >= 11 is 0. The third-order valence-corrected chi connectivity index (χ3v) is 4.39. The zero-order valence-electron chi connectivity index (χ0n) is 11.2. The largest absolute Gasteiger partial charge is 0.496 e. The van der Waals surface area contributed by atoms with Crippen LogP contribution in [-0.4, -0.2) is 32.9 Å². The van der Waals surface area contributed by atoms with Crippen LogP contribution in [0.15, 0.2) is 18.2 Å². The van der Waals surface area contributed by atoms with E-state index in [1.54, 1.807) is 19.2 Å². The Morgan fingerprint density at radius 1 is 1.37 bits per heavy atom. The zero-order valence-corrected chi connectivity index (χ0v) is 11.2. The van der Waals surface area contributed by atoms with Gasteiger partial charge >= 0.3 is 0 Å². The molecule has 104 valence electrons. The van der Waals surface area contributed by atoms with Crippen molar-refractivity contribution in [1.29, 1.82) is 0 Å². The van der Waals surface area contributed by atoms with E-state index in [-0.39, 0.29) is 11.2 Å². The molecule has 1 N–H and O–H groups in total. The number of halogens is 1. The fourth-order valence-electron chi connectivity index (χ4n) is 3.26. The van der Waals surface area contributed by atoms with Crippen LogP contribution in [0.2, 0.25) is 0 Å². The maximum Gasteiger partial charge on any atom is 0.123 e. The normalized spacial score (nSPS) is 25.7. The maximum absolute atomic E-state index is 13.6. The summed E-state index contributed by atoms with van der Waals surface area (Å²) < 4.78 is 24.5. The fraction of sp³-hybridized carbons (Fsp3) is 0.600. The standard InChI is InChI=1S/C15H20FNO2/c1-18-13-6-5-11(16)8-12(13)15(9-19-10-15)14-4-2-3-7-17-14/h5-6,8,14,17H,2-4,7,9-10H2,1H3. The van der Waals surface area contributed by atoms with Gasteiger partial charge in [0.2, 0.25) is 0 Å². The Labute approximate surface area is 113 Å². The first-order chi connectivity index (χ1) is 9.26. The lowest BCUT2D eigenvalue weighted by atomic mass is 9.69. The van der Waals surface area contributed by atoms with Crippen LogP contribution in [0.1, 0.15) is 24.8 Å². The van der Waals surface area contributed by atoms with E-state index in [9.17, 15) is 4.39 Å². The molecule has 2 aliphatic rings. The van der Waals surface area contributed by atoms with Gasteiger partial charge in [0.25, 0.3) is 0 Å². The Hall–Kier alpha value is -1.13. The van der Waals surface area contributed by atoms with E-state index in [0.29, 0.717) is 19.3 Å². The summed E-state index contributed by atoms with van der Waals surface area (Å²) in [6.45, 7) is 2.32. The van der Waals surface area contributed by atoms with Gasteiger partial charge in [-0.2, -0.15) is 0 Å². The van der Waals surface area contributed by atoms with Gasteiger partial charge in [-0.25, -0.2) is 4.39 Å². The van der Waals surface area contributed by atoms with Gasteiger partial charge < -0.3 is 14.8 Å². The molecule has 2 aliphatic heterocycles. The van der Waals surface area contributed by atoms with Gasteiger partial charge in [-0.1, -0.05) is 6.42 Å². The second-order valence-electron chi connectivity index (χ2n) is 5.50. The van der Waals surface area contributed by atoms with Crippen molar-refractivity contribution in [2.24, 2.45) is 0 Å². The molecule has 3 nitrogen and oxygen atoms in total. The highest BCUT2D eigenvalue weighted by atomic mass is 19.1. The van der Waals surface area contributed by atoms with E-state index in [1.807, 2.05) is 0 Å². The number of ether oxygens (including phenoxy) is 2. The summed E-state index contributed by atoms with van der Waals surface area (Å²) in [5.41, 5.74) is 0.814. The number of methoxy groups -OCH3 is 1. The van der Waals surface area contributed by atoms with Crippen LogP contribution in [0.4, 0.5) is 4.39 Å². The maximum atomic E-state index is 13.6. The first-order valence-corrected chi connectivity index (χ1v) is 6.91. The number of hydrogen-bond donors (Lipinski definition) is 1. The molecule has 0 amide bonds. The molecule has 0 bridgehead atoms. The smallest absolute Gasteiger partial charge is 0.123 e. The minimum atomic E-state index is -0.210. The molecule has 1 atom stereocenters. The molecule has 0 saturated carbocycles. The van der Waals surface area contributed by atoms with Gasteiger partial charge in [0.1, 0.15) is 11.6 Å². The Morgan fingerprint density at radius 3 is 2.79 bits per heavy atom. The minimum absolute atomic E-state index is 0.131. The van der Waals surface area contributed by atoms with Crippen LogP contribution in [-0.2, 0) is 10.2 Å². The predicted molar refractivity (Wildman–Crippen MR) is 71.1 cm³/mol. The second kappa shape index (κ2) is 5.10. The van der Waals surface area contributed by atoms with Crippen LogP contribution in [0, 0.1) is 5.82 Å². The van der Waals surface area contributed by atoms with E-state index in [0.717, 1.165) is 24.3 Å². The van der Waals surface area contributed by atoms with Gasteiger partial charge in [-0.3, -0.25) is 0 Å². The summed E-state index contributed by atoms with van der Waals surface area (Å²) in [5.74, 6) is 0.551. The van der Waals surface area contributed by atoms with Crippen LogP contribution < -0.4 is 10.1 Å². The SMILES string of the molecule is COc1ccc(F)cc1C1(C2CCCCN2)COC1. The third kappa shape index (κ3) is 2.13. The first-order valence-electron chi connectivity index (χ1n) is 6.91. The lowest BCUT2D eigenvalue weighted by Crippen LogP contribution is -2.61. The van der Waals surface area contributed by atoms with Gasteiger partial charge in [-0.15, -0.1) is 0 Å². The zero-order chi connectivity index (χ0) is 13.3.